The maximum atomic E-state index is 12.0. The maximum Gasteiger partial charge on any atom is 0.320 e. The lowest BCUT2D eigenvalue weighted by atomic mass is 10.0. The summed E-state index contributed by atoms with van der Waals surface area (Å²) in [6, 6.07) is 11.1. The molecule has 3 rings (SSSR count). The van der Waals surface area contributed by atoms with Crippen LogP contribution in [0.4, 0.5) is 10.6 Å². The molecule has 0 aliphatic heterocycles. The molecular weight excluding hydrogens is 304 g/mol. The number of hydrogen-bond donors (Lipinski definition) is 2. The highest BCUT2D eigenvalue weighted by Crippen LogP contribution is 2.35. The van der Waals surface area contributed by atoms with Crippen molar-refractivity contribution in [2.24, 2.45) is 0 Å². The summed E-state index contributed by atoms with van der Waals surface area (Å²) < 4.78 is 5.45. The molecule has 0 fully saturated rings. The van der Waals surface area contributed by atoms with Gasteiger partial charge in [-0.3, -0.25) is 10.3 Å². The van der Waals surface area contributed by atoms with Gasteiger partial charge in [0.2, 0.25) is 0 Å². The zero-order chi connectivity index (χ0) is 16.9. The molecule has 0 atom stereocenters. The Kier molecular flexibility index (Phi) is 4.56. The van der Waals surface area contributed by atoms with Crippen LogP contribution in [0.5, 0.6) is 5.75 Å². The van der Waals surface area contributed by atoms with Gasteiger partial charge >= 0.3 is 6.03 Å². The average Bonchev–Trinajstić information content (AvgIpc) is 2.61. The van der Waals surface area contributed by atoms with E-state index < -0.39 is 0 Å². The fraction of sp³-hybridized carbons (Fsp3) is 0.167. The molecule has 122 valence electrons. The highest BCUT2D eigenvalue weighted by atomic mass is 16.5. The molecule has 6 heteroatoms. The Labute approximate surface area is 139 Å². The van der Waals surface area contributed by atoms with Gasteiger partial charge in [-0.15, -0.1) is 0 Å². The number of amides is 2. The molecule has 0 bridgehead atoms. The van der Waals surface area contributed by atoms with E-state index in [1.54, 1.807) is 19.5 Å². The Balaban J connectivity index is 2.18. The van der Waals surface area contributed by atoms with Crippen molar-refractivity contribution in [1.29, 1.82) is 0 Å². The number of nitrogens with zero attached hydrogens (tertiary/aromatic N) is 2. The van der Waals surface area contributed by atoms with Gasteiger partial charge in [0.25, 0.3) is 0 Å². The first-order chi connectivity index (χ1) is 11.7. The third kappa shape index (κ3) is 3.12. The van der Waals surface area contributed by atoms with E-state index >= 15 is 0 Å². The number of para-hydroxylation sites is 1. The second kappa shape index (κ2) is 6.95. The minimum Gasteiger partial charge on any atom is -0.496 e. The van der Waals surface area contributed by atoms with E-state index in [0.29, 0.717) is 18.1 Å². The Hall–Kier alpha value is -3.15. The van der Waals surface area contributed by atoms with Crippen LogP contribution in [0.3, 0.4) is 0 Å². The number of pyridine rings is 2. The van der Waals surface area contributed by atoms with Crippen molar-refractivity contribution in [2.45, 2.75) is 6.92 Å². The second-order valence-corrected chi connectivity index (χ2v) is 5.14. The van der Waals surface area contributed by atoms with Crippen LogP contribution >= 0.6 is 0 Å². The number of ether oxygens (including phenoxy) is 1. The topological polar surface area (TPSA) is 76.1 Å². The van der Waals surface area contributed by atoms with Gasteiger partial charge in [0, 0.05) is 35.5 Å². The van der Waals surface area contributed by atoms with Crippen LogP contribution in [0, 0.1) is 0 Å². The molecule has 2 aromatic heterocycles. The van der Waals surface area contributed by atoms with E-state index in [-0.39, 0.29) is 6.03 Å². The van der Waals surface area contributed by atoms with Crippen LogP contribution in [0.2, 0.25) is 0 Å². The number of aromatic nitrogens is 2. The van der Waals surface area contributed by atoms with Gasteiger partial charge in [-0.1, -0.05) is 18.2 Å². The Morgan fingerprint density at radius 2 is 2.04 bits per heavy atom. The number of carbonyl (C=O) groups is 1. The highest BCUT2D eigenvalue weighted by molar-refractivity contribution is 5.97. The van der Waals surface area contributed by atoms with Crippen LogP contribution in [-0.2, 0) is 0 Å². The standard InChI is InChI=1S/C18H18N4O2/c1-3-20-18(23)22-17-14(13-6-4-5-7-16(13)24-2)10-12-11-19-9-8-15(12)21-17/h4-11H,3H2,1-2H3,(H2,20,21,22,23). The molecule has 0 aliphatic carbocycles. The van der Waals surface area contributed by atoms with E-state index in [2.05, 4.69) is 20.6 Å². The Morgan fingerprint density at radius 1 is 1.21 bits per heavy atom. The summed E-state index contributed by atoms with van der Waals surface area (Å²) in [6.45, 7) is 2.40. The number of fused-ring (bicyclic) bond motifs is 1. The quantitative estimate of drug-likeness (QED) is 0.771. The summed E-state index contributed by atoms with van der Waals surface area (Å²) in [4.78, 5) is 20.7. The lowest BCUT2D eigenvalue weighted by Crippen LogP contribution is -2.28. The number of urea groups is 1. The maximum absolute atomic E-state index is 12.0. The van der Waals surface area contributed by atoms with Crippen LogP contribution in [-0.4, -0.2) is 29.7 Å². The van der Waals surface area contributed by atoms with Gasteiger partial charge in [0.05, 0.1) is 12.6 Å². The van der Waals surface area contributed by atoms with E-state index in [4.69, 9.17) is 4.74 Å². The molecule has 0 unspecified atom stereocenters. The number of methoxy groups -OCH3 is 1. The van der Waals surface area contributed by atoms with Crippen LogP contribution < -0.4 is 15.4 Å². The summed E-state index contributed by atoms with van der Waals surface area (Å²) in [6.07, 6.45) is 3.42. The van der Waals surface area contributed by atoms with Crippen molar-refractivity contribution < 1.29 is 9.53 Å². The summed E-state index contributed by atoms with van der Waals surface area (Å²) in [7, 11) is 1.62. The monoisotopic (exact) mass is 322 g/mol. The lowest BCUT2D eigenvalue weighted by molar-refractivity contribution is 0.252. The average molecular weight is 322 g/mol. The predicted octanol–water partition coefficient (Wildman–Crippen LogP) is 3.45. The highest BCUT2D eigenvalue weighted by Gasteiger charge is 2.15. The van der Waals surface area contributed by atoms with Gasteiger partial charge in [-0.05, 0) is 25.1 Å². The van der Waals surface area contributed by atoms with Crippen molar-refractivity contribution in [3.05, 3.63) is 48.8 Å². The first kappa shape index (κ1) is 15.7. The molecule has 0 saturated carbocycles. The van der Waals surface area contributed by atoms with Crippen molar-refractivity contribution in [1.82, 2.24) is 15.3 Å². The van der Waals surface area contributed by atoms with E-state index in [1.165, 1.54) is 0 Å². The molecule has 0 spiro atoms. The van der Waals surface area contributed by atoms with Gasteiger partial charge in [0.15, 0.2) is 0 Å². The summed E-state index contributed by atoms with van der Waals surface area (Å²) >= 11 is 0. The van der Waals surface area contributed by atoms with Crippen LogP contribution in [0.15, 0.2) is 48.8 Å². The third-order valence-corrected chi connectivity index (χ3v) is 3.58. The molecule has 0 aliphatic rings. The number of nitrogens with one attached hydrogen (secondary N) is 2. The summed E-state index contributed by atoms with van der Waals surface area (Å²) in [5, 5.41) is 6.42. The number of anilines is 1. The summed E-state index contributed by atoms with van der Waals surface area (Å²) in [5.74, 6) is 1.19. The van der Waals surface area contributed by atoms with Crippen molar-refractivity contribution in [2.75, 3.05) is 19.0 Å². The molecular formula is C18H18N4O2. The largest absolute Gasteiger partial charge is 0.496 e. The normalized spacial score (nSPS) is 10.4. The van der Waals surface area contributed by atoms with Crippen molar-refractivity contribution >= 4 is 22.8 Å². The summed E-state index contributed by atoms with van der Waals surface area (Å²) in [5.41, 5.74) is 2.39. The van der Waals surface area contributed by atoms with E-state index in [0.717, 1.165) is 22.0 Å². The second-order valence-electron chi connectivity index (χ2n) is 5.14. The molecule has 3 aromatic rings. The molecule has 2 amide bonds. The molecule has 24 heavy (non-hydrogen) atoms. The van der Waals surface area contributed by atoms with Crippen molar-refractivity contribution in [3.8, 4) is 16.9 Å². The zero-order valence-corrected chi connectivity index (χ0v) is 13.5. The molecule has 2 heterocycles. The van der Waals surface area contributed by atoms with Crippen LogP contribution in [0.1, 0.15) is 6.92 Å². The van der Waals surface area contributed by atoms with Crippen LogP contribution in [0.25, 0.3) is 22.0 Å². The zero-order valence-electron chi connectivity index (χ0n) is 13.5. The first-order valence-electron chi connectivity index (χ1n) is 7.66. The molecule has 2 N–H and O–H groups in total. The Morgan fingerprint density at radius 3 is 2.83 bits per heavy atom. The minimum absolute atomic E-state index is 0.297. The molecule has 6 nitrogen and oxygen atoms in total. The van der Waals surface area contributed by atoms with Gasteiger partial charge in [0.1, 0.15) is 11.6 Å². The minimum atomic E-state index is -0.297. The number of benzene rings is 1. The van der Waals surface area contributed by atoms with Gasteiger partial charge in [-0.25, -0.2) is 9.78 Å². The van der Waals surface area contributed by atoms with E-state index in [1.807, 2.05) is 43.3 Å². The fourth-order valence-corrected chi connectivity index (χ4v) is 2.50. The first-order valence-corrected chi connectivity index (χ1v) is 7.66. The van der Waals surface area contributed by atoms with Gasteiger partial charge < -0.3 is 10.1 Å². The third-order valence-electron chi connectivity index (χ3n) is 3.58. The van der Waals surface area contributed by atoms with E-state index in [9.17, 15) is 4.79 Å². The van der Waals surface area contributed by atoms with Gasteiger partial charge in [-0.2, -0.15) is 0 Å². The number of rotatable bonds is 4. The number of carbonyl (C=O) groups excluding carboxylic acids is 1. The molecule has 0 radical (unpaired) electrons. The SMILES string of the molecule is CCNC(=O)Nc1nc2ccncc2cc1-c1ccccc1OC. The smallest absolute Gasteiger partial charge is 0.320 e. The predicted molar refractivity (Wildman–Crippen MR) is 94.2 cm³/mol. The Bertz CT molecular complexity index is 880. The van der Waals surface area contributed by atoms with Crippen molar-refractivity contribution in [3.63, 3.8) is 0 Å². The lowest BCUT2D eigenvalue weighted by Gasteiger charge is -2.14. The molecule has 1 aromatic carbocycles. The molecule has 0 saturated heterocycles. The number of hydrogen-bond acceptors (Lipinski definition) is 4. The fourth-order valence-electron chi connectivity index (χ4n) is 2.50.